The van der Waals surface area contributed by atoms with Crippen molar-refractivity contribution in [1.29, 1.82) is 0 Å². The lowest BCUT2D eigenvalue weighted by Crippen LogP contribution is -2.42. The molecule has 21 heavy (non-hydrogen) atoms. The quantitative estimate of drug-likeness (QED) is 0.851. The Morgan fingerprint density at radius 3 is 2.57 bits per heavy atom. The summed E-state index contributed by atoms with van der Waals surface area (Å²) in [5, 5.41) is 4.49. The van der Waals surface area contributed by atoms with Crippen molar-refractivity contribution in [2.24, 2.45) is 0 Å². The van der Waals surface area contributed by atoms with Crippen LogP contribution in [0.2, 0.25) is 5.02 Å². The average Bonchev–Trinajstić information content (AvgIpc) is 2.86. The zero-order valence-electron chi connectivity index (χ0n) is 11.7. The van der Waals surface area contributed by atoms with Crippen molar-refractivity contribution in [3.8, 4) is 0 Å². The number of hydrazine groups is 1. The van der Waals surface area contributed by atoms with Crippen LogP contribution in [0.3, 0.4) is 0 Å². The zero-order valence-corrected chi connectivity index (χ0v) is 12.4. The van der Waals surface area contributed by atoms with E-state index >= 15 is 0 Å². The second-order valence-corrected chi connectivity index (χ2v) is 4.78. The molecular weight excluding hydrogens is 292 g/mol. The lowest BCUT2D eigenvalue weighted by atomic mass is 10.2. The first kappa shape index (κ1) is 15.1. The molecule has 0 aliphatic heterocycles. The number of aromatic nitrogens is 2. The van der Waals surface area contributed by atoms with Gasteiger partial charge in [-0.25, -0.2) is 0 Å². The standard InChI is InChI=1S/C14H15ClN4O2/c1-3-19-12(8-9(2)18-19)14(21)17-16-13(20)10-6-4-5-7-11(10)15/h4-8H,3H2,1-2H3,(H,16,20)(H,17,21). The summed E-state index contributed by atoms with van der Waals surface area (Å²) < 4.78 is 1.56. The van der Waals surface area contributed by atoms with Crippen LogP contribution >= 0.6 is 11.6 Å². The number of aryl methyl sites for hydroxylation is 2. The molecule has 2 amide bonds. The van der Waals surface area contributed by atoms with E-state index in [0.717, 1.165) is 5.69 Å². The molecule has 0 aliphatic rings. The van der Waals surface area contributed by atoms with E-state index in [1.165, 1.54) is 0 Å². The molecule has 0 saturated heterocycles. The maximum absolute atomic E-state index is 12.0. The van der Waals surface area contributed by atoms with Crippen LogP contribution in [0.15, 0.2) is 30.3 Å². The fourth-order valence-electron chi connectivity index (χ4n) is 1.86. The van der Waals surface area contributed by atoms with Gasteiger partial charge in [0, 0.05) is 6.54 Å². The number of nitrogens with one attached hydrogen (secondary N) is 2. The van der Waals surface area contributed by atoms with Crippen LogP contribution in [0, 0.1) is 6.92 Å². The van der Waals surface area contributed by atoms with Gasteiger partial charge < -0.3 is 0 Å². The molecular formula is C14H15ClN4O2. The summed E-state index contributed by atoms with van der Waals surface area (Å²) in [6.07, 6.45) is 0. The van der Waals surface area contributed by atoms with Crippen molar-refractivity contribution < 1.29 is 9.59 Å². The Bertz CT molecular complexity index is 681. The molecule has 0 bridgehead atoms. The Balaban J connectivity index is 2.04. The van der Waals surface area contributed by atoms with E-state index in [9.17, 15) is 9.59 Å². The number of hydrogen-bond acceptors (Lipinski definition) is 3. The molecule has 7 heteroatoms. The summed E-state index contributed by atoms with van der Waals surface area (Å²) in [6.45, 7) is 4.24. The Kier molecular flexibility index (Phi) is 4.59. The first-order valence-electron chi connectivity index (χ1n) is 6.42. The van der Waals surface area contributed by atoms with Crippen LogP contribution in [-0.2, 0) is 6.54 Å². The smallest absolute Gasteiger partial charge is 0.267 e. The highest BCUT2D eigenvalue weighted by molar-refractivity contribution is 6.33. The Morgan fingerprint density at radius 1 is 1.24 bits per heavy atom. The predicted molar refractivity (Wildman–Crippen MR) is 79.0 cm³/mol. The van der Waals surface area contributed by atoms with E-state index in [-0.39, 0.29) is 0 Å². The second-order valence-electron chi connectivity index (χ2n) is 4.37. The number of nitrogens with zero attached hydrogens (tertiary/aromatic N) is 2. The lowest BCUT2D eigenvalue weighted by molar-refractivity contribution is 0.0840. The van der Waals surface area contributed by atoms with E-state index in [2.05, 4.69) is 16.0 Å². The number of halogens is 1. The molecule has 0 spiro atoms. The van der Waals surface area contributed by atoms with Crippen molar-refractivity contribution in [2.75, 3.05) is 0 Å². The van der Waals surface area contributed by atoms with Crippen molar-refractivity contribution in [2.45, 2.75) is 20.4 Å². The van der Waals surface area contributed by atoms with Gasteiger partial charge in [0.15, 0.2) is 0 Å². The van der Waals surface area contributed by atoms with Gasteiger partial charge in [-0.15, -0.1) is 0 Å². The molecule has 0 atom stereocenters. The lowest BCUT2D eigenvalue weighted by Gasteiger charge is -2.09. The zero-order chi connectivity index (χ0) is 15.4. The highest BCUT2D eigenvalue weighted by atomic mass is 35.5. The van der Waals surface area contributed by atoms with Crippen LogP contribution in [-0.4, -0.2) is 21.6 Å². The monoisotopic (exact) mass is 306 g/mol. The molecule has 0 unspecified atom stereocenters. The largest absolute Gasteiger partial charge is 0.287 e. The number of hydrogen-bond donors (Lipinski definition) is 2. The molecule has 2 rings (SSSR count). The first-order valence-corrected chi connectivity index (χ1v) is 6.80. The molecule has 1 aromatic heterocycles. The maximum Gasteiger partial charge on any atom is 0.287 e. The van der Waals surface area contributed by atoms with Gasteiger partial charge in [-0.1, -0.05) is 23.7 Å². The third-order valence-corrected chi connectivity index (χ3v) is 3.17. The van der Waals surface area contributed by atoms with Gasteiger partial charge in [0.1, 0.15) is 5.69 Å². The minimum atomic E-state index is -0.478. The number of benzene rings is 1. The van der Waals surface area contributed by atoms with Crippen molar-refractivity contribution in [1.82, 2.24) is 20.6 Å². The van der Waals surface area contributed by atoms with Gasteiger partial charge in [-0.2, -0.15) is 5.10 Å². The number of rotatable bonds is 3. The van der Waals surface area contributed by atoms with Crippen molar-refractivity contribution in [3.05, 3.63) is 52.3 Å². The summed E-state index contributed by atoms with van der Waals surface area (Å²) in [4.78, 5) is 24.0. The van der Waals surface area contributed by atoms with E-state index < -0.39 is 11.8 Å². The summed E-state index contributed by atoms with van der Waals surface area (Å²) in [5.41, 5.74) is 6.10. The van der Waals surface area contributed by atoms with Crippen LogP contribution in [0.5, 0.6) is 0 Å². The second kappa shape index (κ2) is 6.41. The third-order valence-electron chi connectivity index (χ3n) is 2.84. The average molecular weight is 307 g/mol. The van der Waals surface area contributed by atoms with Crippen LogP contribution in [0.25, 0.3) is 0 Å². The van der Waals surface area contributed by atoms with Gasteiger partial charge in [0.05, 0.1) is 16.3 Å². The molecule has 0 radical (unpaired) electrons. The number of carbonyl (C=O) groups excluding carboxylic acids is 2. The topological polar surface area (TPSA) is 76.0 Å². The van der Waals surface area contributed by atoms with Gasteiger partial charge in [0.25, 0.3) is 11.8 Å². The van der Waals surface area contributed by atoms with E-state index in [1.807, 2.05) is 6.92 Å². The molecule has 0 saturated carbocycles. The number of amides is 2. The van der Waals surface area contributed by atoms with Gasteiger partial charge >= 0.3 is 0 Å². The number of carbonyl (C=O) groups is 2. The van der Waals surface area contributed by atoms with Crippen LogP contribution in [0.1, 0.15) is 33.5 Å². The Morgan fingerprint density at radius 2 is 1.90 bits per heavy atom. The Labute approximate surface area is 127 Å². The first-order chi connectivity index (χ1) is 10.0. The van der Waals surface area contributed by atoms with Gasteiger partial charge in [-0.3, -0.25) is 25.1 Å². The van der Waals surface area contributed by atoms with Gasteiger partial charge in [0.2, 0.25) is 0 Å². The summed E-state index contributed by atoms with van der Waals surface area (Å²) >= 11 is 5.91. The fraction of sp³-hybridized carbons (Fsp3) is 0.214. The maximum atomic E-state index is 12.0. The highest BCUT2D eigenvalue weighted by Crippen LogP contribution is 2.14. The molecule has 0 aliphatic carbocycles. The molecule has 6 nitrogen and oxygen atoms in total. The predicted octanol–water partition coefficient (Wildman–Crippen LogP) is 1.94. The summed E-state index contributed by atoms with van der Waals surface area (Å²) in [6, 6.07) is 8.25. The minimum absolute atomic E-state index is 0.291. The van der Waals surface area contributed by atoms with E-state index in [1.54, 1.807) is 41.9 Å². The van der Waals surface area contributed by atoms with Crippen molar-refractivity contribution >= 4 is 23.4 Å². The SMILES string of the molecule is CCn1nc(C)cc1C(=O)NNC(=O)c1ccccc1Cl. The normalized spacial score (nSPS) is 10.2. The molecule has 0 fully saturated rings. The van der Waals surface area contributed by atoms with Crippen LogP contribution in [0.4, 0.5) is 0 Å². The minimum Gasteiger partial charge on any atom is -0.267 e. The third kappa shape index (κ3) is 3.41. The fourth-order valence-corrected chi connectivity index (χ4v) is 2.08. The molecule has 2 N–H and O–H groups in total. The van der Waals surface area contributed by atoms with Crippen molar-refractivity contribution in [3.63, 3.8) is 0 Å². The Hall–Kier alpha value is -2.34. The molecule has 1 heterocycles. The summed E-state index contributed by atoms with van der Waals surface area (Å²) in [5.74, 6) is -0.911. The van der Waals surface area contributed by atoms with E-state index in [4.69, 9.17) is 11.6 Å². The highest BCUT2D eigenvalue weighted by Gasteiger charge is 2.15. The molecule has 110 valence electrons. The molecule has 2 aromatic rings. The molecule has 1 aromatic carbocycles. The van der Waals surface area contributed by atoms with Crippen LogP contribution < -0.4 is 10.9 Å². The summed E-state index contributed by atoms with van der Waals surface area (Å²) in [7, 11) is 0. The van der Waals surface area contributed by atoms with E-state index in [0.29, 0.717) is 22.8 Å². The van der Waals surface area contributed by atoms with Gasteiger partial charge in [-0.05, 0) is 32.0 Å².